The van der Waals surface area contributed by atoms with E-state index in [1.54, 1.807) is 49.9 Å². The number of halogens is 1. The Morgan fingerprint density at radius 2 is 1.76 bits per heavy atom. The molecule has 1 fully saturated rings. The van der Waals surface area contributed by atoms with Gasteiger partial charge in [-0.3, -0.25) is 14.4 Å². The lowest BCUT2D eigenvalue weighted by Gasteiger charge is -2.27. The van der Waals surface area contributed by atoms with Crippen molar-refractivity contribution < 1.29 is 19.1 Å². The fourth-order valence-electron chi connectivity index (χ4n) is 4.22. The SMILES string of the molecule is CC(C)(C)OC(=O)NN(Cc1ccc(N)cc1)C(=O)c1c(C(=O)N2CCCC2)[nH]c2cc(Cl)ccc2c1=O. The third-order valence-corrected chi connectivity index (χ3v) is 6.21. The van der Waals surface area contributed by atoms with Gasteiger partial charge in [-0.05, 0) is 69.5 Å². The molecule has 10 nitrogen and oxygen atoms in total. The molecule has 3 amide bonds. The van der Waals surface area contributed by atoms with E-state index in [4.69, 9.17) is 22.1 Å². The van der Waals surface area contributed by atoms with Crippen molar-refractivity contribution in [2.75, 3.05) is 18.8 Å². The second-order valence-electron chi connectivity index (χ2n) is 10.1. The van der Waals surface area contributed by atoms with Gasteiger partial charge in [-0.1, -0.05) is 23.7 Å². The fourth-order valence-corrected chi connectivity index (χ4v) is 4.39. The average molecular weight is 540 g/mol. The molecule has 0 saturated carbocycles. The van der Waals surface area contributed by atoms with E-state index in [-0.39, 0.29) is 23.2 Å². The van der Waals surface area contributed by atoms with Gasteiger partial charge in [-0.2, -0.15) is 0 Å². The van der Waals surface area contributed by atoms with Crippen molar-refractivity contribution >= 4 is 46.1 Å². The number of amides is 3. The van der Waals surface area contributed by atoms with E-state index in [1.807, 2.05) is 0 Å². The molecule has 0 aliphatic carbocycles. The molecular formula is C27H30ClN5O5. The predicted molar refractivity (Wildman–Crippen MR) is 145 cm³/mol. The van der Waals surface area contributed by atoms with Crippen molar-refractivity contribution in [3.8, 4) is 0 Å². The van der Waals surface area contributed by atoms with Crippen LogP contribution in [0.15, 0.2) is 47.3 Å². The van der Waals surface area contributed by atoms with Crippen molar-refractivity contribution in [3.63, 3.8) is 0 Å². The molecule has 200 valence electrons. The van der Waals surface area contributed by atoms with E-state index in [0.29, 0.717) is 34.9 Å². The van der Waals surface area contributed by atoms with Crippen LogP contribution in [0.25, 0.3) is 10.9 Å². The number of nitrogens with zero attached hydrogens (tertiary/aromatic N) is 2. The zero-order chi connectivity index (χ0) is 27.6. The summed E-state index contributed by atoms with van der Waals surface area (Å²) < 4.78 is 5.34. The summed E-state index contributed by atoms with van der Waals surface area (Å²) in [6.07, 6.45) is 0.752. The minimum absolute atomic E-state index is 0.117. The maximum Gasteiger partial charge on any atom is 0.426 e. The standard InChI is InChI=1S/C27H30ClN5O5/c1-27(2,3)38-26(37)31-33(15-16-6-9-18(29)10-7-16)24(35)21-22(25(36)32-12-4-5-13-32)30-20-14-17(28)8-11-19(20)23(21)34/h6-11,14H,4-5,12-13,15,29H2,1-3H3,(H,30,34)(H,31,37). The number of nitrogen functional groups attached to an aromatic ring is 1. The van der Waals surface area contributed by atoms with Gasteiger partial charge in [0.25, 0.3) is 11.8 Å². The maximum atomic E-state index is 14.0. The van der Waals surface area contributed by atoms with Crippen LogP contribution in [-0.4, -0.2) is 51.5 Å². The number of nitrogens with two attached hydrogens (primary N) is 1. The van der Waals surface area contributed by atoms with Crippen molar-refractivity contribution in [1.82, 2.24) is 20.3 Å². The zero-order valence-electron chi connectivity index (χ0n) is 21.5. The average Bonchev–Trinajstić information content (AvgIpc) is 3.38. The van der Waals surface area contributed by atoms with E-state index < -0.39 is 28.9 Å². The van der Waals surface area contributed by atoms with Crippen LogP contribution in [0.3, 0.4) is 0 Å². The number of nitrogens with one attached hydrogen (secondary N) is 2. The van der Waals surface area contributed by atoms with Crippen molar-refractivity contribution in [3.05, 3.63) is 74.5 Å². The first kappa shape index (κ1) is 27.0. The molecule has 1 aliphatic rings. The molecule has 0 atom stereocenters. The molecule has 2 aromatic carbocycles. The van der Waals surface area contributed by atoms with Gasteiger partial charge in [0.15, 0.2) is 0 Å². The second kappa shape index (κ2) is 10.7. The number of H-pyrrole nitrogens is 1. The number of carbonyl (C=O) groups excluding carboxylic acids is 3. The molecule has 11 heteroatoms. The smallest absolute Gasteiger partial charge is 0.426 e. The van der Waals surface area contributed by atoms with Crippen LogP contribution in [0.1, 0.15) is 60.0 Å². The largest absolute Gasteiger partial charge is 0.443 e. The van der Waals surface area contributed by atoms with Gasteiger partial charge in [-0.15, -0.1) is 0 Å². The Bertz CT molecular complexity index is 1440. The molecule has 0 spiro atoms. The highest BCUT2D eigenvalue weighted by atomic mass is 35.5. The number of carbonyl (C=O) groups is 3. The minimum atomic E-state index is -0.891. The lowest BCUT2D eigenvalue weighted by Crippen LogP contribution is -2.49. The second-order valence-corrected chi connectivity index (χ2v) is 10.6. The summed E-state index contributed by atoms with van der Waals surface area (Å²) >= 11 is 6.13. The molecule has 1 saturated heterocycles. The quantitative estimate of drug-likeness (QED) is 0.337. The van der Waals surface area contributed by atoms with Gasteiger partial charge in [0.2, 0.25) is 5.43 Å². The third kappa shape index (κ3) is 6.08. The highest BCUT2D eigenvalue weighted by Gasteiger charge is 2.32. The lowest BCUT2D eigenvalue weighted by atomic mass is 10.1. The molecule has 2 heterocycles. The number of anilines is 1. The van der Waals surface area contributed by atoms with Gasteiger partial charge in [0, 0.05) is 29.2 Å². The topological polar surface area (TPSA) is 138 Å². The first-order valence-electron chi connectivity index (χ1n) is 12.2. The number of pyridine rings is 1. The maximum absolute atomic E-state index is 14.0. The van der Waals surface area contributed by atoms with Gasteiger partial charge in [-0.25, -0.2) is 15.2 Å². The summed E-state index contributed by atoms with van der Waals surface area (Å²) in [4.78, 5) is 58.5. The number of aromatic nitrogens is 1. The number of hydrogen-bond donors (Lipinski definition) is 3. The minimum Gasteiger partial charge on any atom is -0.443 e. The molecule has 1 aromatic heterocycles. The van der Waals surface area contributed by atoms with Crippen molar-refractivity contribution in [2.24, 2.45) is 0 Å². The third-order valence-electron chi connectivity index (χ3n) is 5.97. The summed E-state index contributed by atoms with van der Waals surface area (Å²) in [5.74, 6) is -1.34. The number of fused-ring (bicyclic) bond motifs is 1. The molecule has 4 rings (SSSR count). The normalized spacial score (nSPS) is 13.4. The number of rotatable bonds is 4. The van der Waals surface area contributed by atoms with Crippen LogP contribution < -0.4 is 16.6 Å². The summed E-state index contributed by atoms with van der Waals surface area (Å²) in [5.41, 5.74) is 7.67. The summed E-state index contributed by atoms with van der Waals surface area (Å²) in [6.45, 7) is 5.95. The summed E-state index contributed by atoms with van der Waals surface area (Å²) in [6, 6.07) is 11.2. The Balaban J connectivity index is 1.82. The van der Waals surface area contributed by atoms with Crippen LogP contribution >= 0.6 is 11.6 Å². The Labute approximate surface area is 224 Å². The van der Waals surface area contributed by atoms with E-state index in [9.17, 15) is 19.2 Å². The van der Waals surface area contributed by atoms with Gasteiger partial charge in [0.05, 0.1) is 12.1 Å². The fraction of sp³-hybridized carbons (Fsp3) is 0.333. The van der Waals surface area contributed by atoms with Crippen LogP contribution in [0.2, 0.25) is 5.02 Å². The van der Waals surface area contributed by atoms with E-state index in [2.05, 4.69) is 10.4 Å². The van der Waals surface area contributed by atoms with Gasteiger partial charge < -0.3 is 20.4 Å². The summed E-state index contributed by atoms with van der Waals surface area (Å²) in [7, 11) is 0. The first-order chi connectivity index (χ1) is 17.9. The van der Waals surface area contributed by atoms with Crippen LogP contribution in [0.5, 0.6) is 0 Å². The number of aromatic amines is 1. The molecule has 38 heavy (non-hydrogen) atoms. The van der Waals surface area contributed by atoms with E-state index in [1.165, 1.54) is 18.2 Å². The molecule has 3 aromatic rings. The Morgan fingerprint density at radius 3 is 2.39 bits per heavy atom. The lowest BCUT2D eigenvalue weighted by molar-refractivity contribution is 0.0280. The van der Waals surface area contributed by atoms with E-state index >= 15 is 0 Å². The number of ether oxygens (including phenoxy) is 1. The molecule has 0 bridgehead atoms. The highest BCUT2D eigenvalue weighted by molar-refractivity contribution is 6.31. The van der Waals surface area contributed by atoms with Gasteiger partial charge >= 0.3 is 6.09 Å². The molecular weight excluding hydrogens is 510 g/mol. The number of hydrazine groups is 1. The van der Waals surface area contributed by atoms with Crippen LogP contribution in [0.4, 0.5) is 10.5 Å². The molecule has 4 N–H and O–H groups in total. The zero-order valence-corrected chi connectivity index (χ0v) is 22.2. The molecule has 0 radical (unpaired) electrons. The monoisotopic (exact) mass is 539 g/mol. The predicted octanol–water partition coefficient (Wildman–Crippen LogP) is 4.08. The van der Waals surface area contributed by atoms with Gasteiger partial charge in [0.1, 0.15) is 16.9 Å². The number of hydrogen-bond acceptors (Lipinski definition) is 6. The highest BCUT2D eigenvalue weighted by Crippen LogP contribution is 2.21. The van der Waals surface area contributed by atoms with Crippen molar-refractivity contribution in [1.29, 1.82) is 0 Å². The van der Waals surface area contributed by atoms with Crippen molar-refractivity contribution in [2.45, 2.75) is 45.8 Å². The number of likely N-dealkylation sites (tertiary alicyclic amines) is 1. The summed E-state index contributed by atoms with van der Waals surface area (Å²) in [5, 5.41) is 1.51. The van der Waals surface area contributed by atoms with Crippen LogP contribution in [-0.2, 0) is 11.3 Å². The molecule has 0 unspecified atom stereocenters. The number of benzene rings is 2. The Morgan fingerprint density at radius 1 is 1.11 bits per heavy atom. The molecule has 1 aliphatic heterocycles. The first-order valence-corrected chi connectivity index (χ1v) is 12.6. The van der Waals surface area contributed by atoms with E-state index in [0.717, 1.165) is 17.9 Å². The Kier molecular flexibility index (Phi) is 7.63. The van der Waals surface area contributed by atoms with Crippen LogP contribution in [0, 0.1) is 0 Å². The Hall–Kier alpha value is -4.05.